The Labute approximate surface area is 193 Å². The van der Waals surface area contributed by atoms with Crippen LogP contribution in [-0.2, 0) is 9.53 Å². The number of benzene rings is 1. The van der Waals surface area contributed by atoms with Gasteiger partial charge in [0, 0.05) is 52.0 Å². The maximum atomic E-state index is 12.6. The summed E-state index contributed by atoms with van der Waals surface area (Å²) in [6.07, 6.45) is 8.63. The molecule has 3 fully saturated rings. The van der Waals surface area contributed by atoms with Gasteiger partial charge in [-0.2, -0.15) is 0 Å². The zero-order valence-corrected chi connectivity index (χ0v) is 19.6. The fourth-order valence-electron chi connectivity index (χ4n) is 5.38. The average molecular weight is 444 g/mol. The number of carbonyl (C=O) groups is 1. The van der Waals surface area contributed by atoms with Crippen molar-refractivity contribution in [1.29, 1.82) is 0 Å². The Hall–Kier alpha value is -1.63. The minimum atomic E-state index is 0.110. The Morgan fingerprint density at radius 2 is 1.69 bits per heavy atom. The van der Waals surface area contributed by atoms with E-state index in [2.05, 4.69) is 9.80 Å². The van der Waals surface area contributed by atoms with Gasteiger partial charge in [-0.3, -0.25) is 9.69 Å². The first-order valence-electron chi connectivity index (χ1n) is 12.8. The van der Waals surface area contributed by atoms with Gasteiger partial charge in [0.05, 0.1) is 0 Å². The lowest BCUT2D eigenvalue weighted by atomic mass is 9.94. The fourth-order valence-corrected chi connectivity index (χ4v) is 5.38. The summed E-state index contributed by atoms with van der Waals surface area (Å²) in [5.74, 6) is 1.55. The molecule has 0 spiro atoms. The first-order valence-corrected chi connectivity index (χ1v) is 12.8. The van der Waals surface area contributed by atoms with Crippen molar-refractivity contribution in [1.82, 2.24) is 14.7 Å². The zero-order valence-electron chi connectivity index (χ0n) is 19.6. The van der Waals surface area contributed by atoms with E-state index in [0.717, 1.165) is 57.7 Å². The third kappa shape index (κ3) is 7.19. The topological polar surface area (TPSA) is 45.2 Å². The molecule has 3 saturated heterocycles. The molecule has 0 unspecified atom stereocenters. The zero-order chi connectivity index (χ0) is 22.0. The number of ether oxygens (including phenoxy) is 2. The van der Waals surface area contributed by atoms with E-state index in [0.29, 0.717) is 12.0 Å². The van der Waals surface area contributed by atoms with Crippen molar-refractivity contribution in [3.8, 4) is 5.75 Å². The van der Waals surface area contributed by atoms with Crippen LogP contribution in [0.1, 0.15) is 44.9 Å². The third-order valence-electron chi connectivity index (χ3n) is 7.42. The van der Waals surface area contributed by atoms with Crippen molar-refractivity contribution >= 4 is 5.91 Å². The van der Waals surface area contributed by atoms with Crippen LogP contribution < -0.4 is 4.74 Å². The molecule has 0 N–H and O–H groups in total. The summed E-state index contributed by atoms with van der Waals surface area (Å²) in [5, 5.41) is 0. The maximum absolute atomic E-state index is 12.6. The molecule has 32 heavy (non-hydrogen) atoms. The predicted octanol–water partition coefficient (Wildman–Crippen LogP) is 3.27. The molecule has 0 aliphatic carbocycles. The number of rotatable bonds is 9. The monoisotopic (exact) mass is 443 g/mol. The molecule has 3 heterocycles. The summed E-state index contributed by atoms with van der Waals surface area (Å²) >= 11 is 0. The highest BCUT2D eigenvalue weighted by atomic mass is 16.5. The van der Waals surface area contributed by atoms with E-state index in [9.17, 15) is 4.79 Å². The molecule has 6 heteroatoms. The van der Waals surface area contributed by atoms with Gasteiger partial charge < -0.3 is 19.3 Å². The van der Waals surface area contributed by atoms with Gasteiger partial charge >= 0.3 is 0 Å². The smallest absolute Gasteiger partial charge is 0.260 e. The molecule has 0 atom stereocenters. The lowest BCUT2D eigenvalue weighted by Gasteiger charge is -2.40. The molecule has 1 aromatic carbocycles. The van der Waals surface area contributed by atoms with E-state index < -0.39 is 0 Å². The third-order valence-corrected chi connectivity index (χ3v) is 7.42. The van der Waals surface area contributed by atoms with Crippen LogP contribution in [0.4, 0.5) is 0 Å². The van der Waals surface area contributed by atoms with Crippen LogP contribution in [0.3, 0.4) is 0 Å². The van der Waals surface area contributed by atoms with Crippen molar-refractivity contribution in [2.45, 2.75) is 51.0 Å². The molecule has 0 aromatic heterocycles. The van der Waals surface area contributed by atoms with E-state index in [-0.39, 0.29) is 12.5 Å². The van der Waals surface area contributed by atoms with Gasteiger partial charge in [0.15, 0.2) is 6.61 Å². The number of hydrogen-bond acceptors (Lipinski definition) is 5. The number of likely N-dealkylation sites (tertiary alicyclic amines) is 2. The number of nitrogens with zero attached hydrogens (tertiary/aromatic N) is 3. The second kappa shape index (κ2) is 12.6. The summed E-state index contributed by atoms with van der Waals surface area (Å²) in [7, 11) is 0. The van der Waals surface area contributed by atoms with Gasteiger partial charge in [-0.1, -0.05) is 24.6 Å². The molecular formula is C26H41N3O3. The van der Waals surface area contributed by atoms with E-state index in [4.69, 9.17) is 9.47 Å². The summed E-state index contributed by atoms with van der Waals surface area (Å²) in [6, 6.07) is 10.3. The minimum Gasteiger partial charge on any atom is -0.484 e. The quantitative estimate of drug-likeness (QED) is 0.586. The van der Waals surface area contributed by atoms with Crippen LogP contribution >= 0.6 is 0 Å². The number of carbonyl (C=O) groups excluding carboxylic acids is 1. The van der Waals surface area contributed by atoms with Gasteiger partial charge in [0.25, 0.3) is 5.91 Å². The average Bonchev–Trinajstić information content (AvgIpc) is 2.87. The lowest BCUT2D eigenvalue weighted by Crippen LogP contribution is -2.48. The number of hydrogen-bond donors (Lipinski definition) is 0. The Kier molecular flexibility index (Phi) is 9.24. The predicted molar refractivity (Wildman–Crippen MR) is 127 cm³/mol. The van der Waals surface area contributed by atoms with Gasteiger partial charge in [0.1, 0.15) is 5.75 Å². The number of amides is 1. The van der Waals surface area contributed by atoms with Gasteiger partial charge in [0.2, 0.25) is 0 Å². The largest absolute Gasteiger partial charge is 0.484 e. The van der Waals surface area contributed by atoms with Crippen molar-refractivity contribution in [3.05, 3.63) is 30.3 Å². The van der Waals surface area contributed by atoms with Crippen molar-refractivity contribution < 1.29 is 14.3 Å². The van der Waals surface area contributed by atoms with Crippen molar-refractivity contribution in [3.63, 3.8) is 0 Å². The Morgan fingerprint density at radius 3 is 2.41 bits per heavy atom. The Bertz CT molecular complexity index is 666. The van der Waals surface area contributed by atoms with Gasteiger partial charge in [-0.25, -0.2) is 0 Å². The van der Waals surface area contributed by atoms with Crippen LogP contribution in [0, 0.1) is 5.92 Å². The molecule has 1 aromatic rings. The standard InChI is InChI=1S/C26H41N3O3/c30-26(22-32-25-7-3-1-4-8-25)28-15-9-23(10-16-28)21-29(24-11-19-31-20-12-24)18-17-27-13-5-2-6-14-27/h1,3-4,7-8,23-24H,2,5-6,9-22H2. The van der Waals surface area contributed by atoms with Crippen LogP contribution in [0.25, 0.3) is 0 Å². The molecule has 1 amide bonds. The molecule has 178 valence electrons. The molecule has 6 nitrogen and oxygen atoms in total. The maximum Gasteiger partial charge on any atom is 0.260 e. The summed E-state index contributed by atoms with van der Waals surface area (Å²) in [4.78, 5) is 20.0. The first kappa shape index (κ1) is 23.5. The number of para-hydroxylation sites is 1. The van der Waals surface area contributed by atoms with Crippen LogP contribution in [-0.4, -0.2) is 92.3 Å². The van der Waals surface area contributed by atoms with Crippen molar-refractivity contribution in [2.75, 3.05) is 65.6 Å². The van der Waals surface area contributed by atoms with E-state index in [1.54, 1.807) is 0 Å². The molecule has 0 bridgehead atoms. The van der Waals surface area contributed by atoms with E-state index >= 15 is 0 Å². The highest BCUT2D eigenvalue weighted by Gasteiger charge is 2.28. The summed E-state index contributed by atoms with van der Waals surface area (Å²) in [5.41, 5.74) is 0. The Morgan fingerprint density at radius 1 is 0.969 bits per heavy atom. The van der Waals surface area contributed by atoms with Gasteiger partial charge in [-0.05, 0) is 69.7 Å². The van der Waals surface area contributed by atoms with Crippen LogP contribution in [0.15, 0.2) is 30.3 Å². The van der Waals surface area contributed by atoms with Crippen LogP contribution in [0.5, 0.6) is 5.75 Å². The Balaban J connectivity index is 1.22. The molecular weight excluding hydrogens is 402 g/mol. The molecule has 4 rings (SSSR count). The van der Waals surface area contributed by atoms with Crippen LogP contribution in [0.2, 0.25) is 0 Å². The normalized spacial score (nSPS) is 21.7. The summed E-state index contributed by atoms with van der Waals surface area (Å²) in [6.45, 7) is 9.74. The highest BCUT2D eigenvalue weighted by Crippen LogP contribution is 2.23. The molecule has 3 aliphatic rings. The number of piperidine rings is 2. The SMILES string of the molecule is O=C(COc1ccccc1)N1CCC(CN(CCN2CCCCC2)C2CCOCC2)CC1. The molecule has 3 aliphatic heterocycles. The summed E-state index contributed by atoms with van der Waals surface area (Å²) < 4.78 is 11.3. The molecule has 0 radical (unpaired) electrons. The van der Waals surface area contributed by atoms with Crippen molar-refractivity contribution in [2.24, 2.45) is 5.92 Å². The molecule has 0 saturated carbocycles. The second-order valence-corrected chi connectivity index (χ2v) is 9.67. The van der Waals surface area contributed by atoms with E-state index in [1.807, 2.05) is 35.2 Å². The minimum absolute atomic E-state index is 0.110. The second-order valence-electron chi connectivity index (χ2n) is 9.67. The highest BCUT2D eigenvalue weighted by molar-refractivity contribution is 5.77. The lowest BCUT2D eigenvalue weighted by molar-refractivity contribution is -0.134. The first-order chi connectivity index (χ1) is 15.8. The fraction of sp³-hybridized carbons (Fsp3) is 0.731. The van der Waals surface area contributed by atoms with Gasteiger partial charge in [-0.15, -0.1) is 0 Å². The van der Waals surface area contributed by atoms with E-state index in [1.165, 1.54) is 52.0 Å².